The average molecular weight is 589 g/mol. The number of nitrogens with zero attached hydrogens (tertiary/aromatic N) is 2. The van der Waals surface area contributed by atoms with Crippen molar-refractivity contribution in [3.05, 3.63) is 52.2 Å². The van der Waals surface area contributed by atoms with Crippen molar-refractivity contribution >= 4 is 52.3 Å². The molecule has 0 aliphatic carbocycles. The zero-order valence-electron chi connectivity index (χ0n) is 24.4. The van der Waals surface area contributed by atoms with E-state index in [9.17, 15) is 18.3 Å². The molecule has 1 aliphatic rings. The molecular formula is C30H41ClN2O4SSi. The van der Waals surface area contributed by atoms with Gasteiger partial charge in [0, 0.05) is 30.7 Å². The van der Waals surface area contributed by atoms with Crippen LogP contribution in [0.25, 0.3) is 22.0 Å². The Bertz CT molecular complexity index is 1530. The van der Waals surface area contributed by atoms with E-state index in [4.69, 9.17) is 11.6 Å². The van der Waals surface area contributed by atoms with Gasteiger partial charge in [0.25, 0.3) is 0 Å². The Labute approximate surface area is 239 Å². The Morgan fingerprint density at radius 2 is 1.72 bits per heavy atom. The number of rotatable bonds is 8. The first-order valence-corrected chi connectivity index (χ1v) is 19.3. The monoisotopic (exact) mass is 588 g/mol. The first-order chi connectivity index (χ1) is 17.9. The smallest absolute Gasteiger partial charge is 0.311 e. The molecule has 0 saturated carbocycles. The third-order valence-corrected chi connectivity index (χ3v) is 11.8. The molecule has 2 heterocycles. The molecule has 39 heavy (non-hydrogen) atoms. The molecular weight excluding hydrogens is 548 g/mol. The van der Waals surface area contributed by atoms with E-state index in [0.29, 0.717) is 41.8 Å². The quantitative estimate of drug-likeness (QED) is 0.274. The lowest BCUT2D eigenvalue weighted by Gasteiger charge is -2.35. The highest BCUT2D eigenvalue weighted by Crippen LogP contribution is 2.49. The van der Waals surface area contributed by atoms with Gasteiger partial charge in [0.05, 0.1) is 29.4 Å². The maximum absolute atomic E-state index is 13.9. The number of aliphatic carboxylic acids is 1. The third kappa shape index (κ3) is 5.93. The molecule has 1 aromatic heterocycles. The van der Waals surface area contributed by atoms with Gasteiger partial charge in [0.1, 0.15) is 0 Å². The van der Waals surface area contributed by atoms with Crippen LogP contribution in [0.15, 0.2) is 30.3 Å². The average Bonchev–Trinajstić information content (AvgIpc) is 3.14. The van der Waals surface area contributed by atoms with E-state index in [-0.39, 0.29) is 11.2 Å². The topological polar surface area (TPSA) is 79.6 Å². The van der Waals surface area contributed by atoms with Crippen molar-refractivity contribution < 1.29 is 18.3 Å². The molecule has 0 radical (unpaired) electrons. The second kappa shape index (κ2) is 10.3. The molecule has 0 unspecified atom stereocenters. The van der Waals surface area contributed by atoms with Crippen molar-refractivity contribution in [2.45, 2.75) is 79.2 Å². The lowest BCUT2D eigenvalue weighted by molar-refractivity contribution is -0.139. The first kappa shape index (κ1) is 29.7. The number of carboxylic acid groups (broad SMARTS) is 1. The molecule has 9 heteroatoms. The number of hydrogen-bond donors (Lipinski definition) is 1. The minimum absolute atomic E-state index is 0.0992. The molecule has 0 spiro atoms. The summed E-state index contributed by atoms with van der Waals surface area (Å²) in [6, 6.07) is 10.2. The van der Waals surface area contributed by atoms with Crippen molar-refractivity contribution in [2.75, 3.05) is 16.6 Å². The number of sulfonamides is 1. The van der Waals surface area contributed by atoms with Crippen molar-refractivity contribution in [1.29, 1.82) is 0 Å². The Morgan fingerprint density at radius 1 is 1.10 bits per heavy atom. The number of aromatic nitrogens is 1. The van der Waals surface area contributed by atoms with Crippen LogP contribution in [-0.2, 0) is 21.4 Å². The molecule has 1 aliphatic heterocycles. The van der Waals surface area contributed by atoms with E-state index in [0.717, 1.165) is 33.3 Å². The zero-order chi connectivity index (χ0) is 29.1. The fraction of sp³-hybridized carbons (Fsp3) is 0.500. The van der Waals surface area contributed by atoms with Gasteiger partial charge in [-0.2, -0.15) is 0 Å². The molecule has 1 N–H and O–H groups in total. The second-order valence-corrected chi connectivity index (χ2v) is 21.4. The van der Waals surface area contributed by atoms with E-state index in [1.165, 1.54) is 0 Å². The number of carbonyl (C=O) groups is 1. The number of benzene rings is 2. The minimum Gasteiger partial charge on any atom is -0.481 e. The fourth-order valence-electron chi connectivity index (χ4n) is 5.77. The van der Waals surface area contributed by atoms with Crippen LogP contribution in [0, 0.1) is 19.3 Å². The normalized spacial score (nSPS) is 15.2. The SMILES string of the molecule is Cc1c([C@H](CC(C)(C)C)C(=O)O)c(-c2ccc(Cl)cc2)c2cc(C)n3c2c1N(S(=O)(=O)CC[Si](C)(C)C)CC3. The highest BCUT2D eigenvalue weighted by atomic mass is 35.5. The molecule has 3 aromatic rings. The lowest BCUT2D eigenvalue weighted by atomic mass is 9.76. The van der Waals surface area contributed by atoms with Crippen LogP contribution < -0.4 is 4.31 Å². The van der Waals surface area contributed by atoms with Crippen molar-refractivity contribution in [3.8, 4) is 11.1 Å². The number of halogens is 1. The number of hydrogen-bond acceptors (Lipinski definition) is 3. The van der Waals surface area contributed by atoms with Gasteiger partial charge in [-0.15, -0.1) is 0 Å². The zero-order valence-corrected chi connectivity index (χ0v) is 26.9. The highest BCUT2D eigenvalue weighted by Gasteiger charge is 2.38. The summed E-state index contributed by atoms with van der Waals surface area (Å²) in [5.74, 6) is -1.62. The molecule has 6 nitrogen and oxygen atoms in total. The van der Waals surface area contributed by atoms with Crippen LogP contribution in [0.3, 0.4) is 0 Å². The van der Waals surface area contributed by atoms with Crippen molar-refractivity contribution in [1.82, 2.24) is 4.57 Å². The summed E-state index contributed by atoms with van der Waals surface area (Å²) in [5.41, 5.74) is 5.40. The molecule has 0 amide bonds. The molecule has 4 rings (SSSR count). The molecule has 2 aromatic carbocycles. The number of aryl methyl sites for hydroxylation is 1. The Balaban J connectivity index is 2.11. The van der Waals surface area contributed by atoms with Crippen LogP contribution in [0.4, 0.5) is 5.69 Å². The van der Waals surface area contributed by atoms with E-state index in [1.807, 2.05) is 58.9 Å². The summed E-state index contributed by atoms with van der Waals surface area (Å²) >= 11 is 6.24. The largest absolute Gasteiger partial charge is 0.481 e. The third-order valence-electron chi connectivity index (χ3n) is 7.64. The van der Waals surface area contributed by atoms with Crippen molar-refractivity contribution in [3.63, 3.8) is 0 Å². The molecule has 1 atom stereocenters. The maximum Gasteiger partial charge on any atom is 0.311 e. The van der Waals surface area contributed by atoms with Crippen LogP contribution >= 0.6 is 11.6 Å². The van der Waals surface area contributed by atoms with E-state index >= 15 is 0 Å². The van der Waals surface area contributed by atoms with Crippen LogP contribution in [0.1, 0.15) is 49.9 Å². The Hall–Kier alpha value is -2.29. The number of carboxylic acids is 1. The van der Waals surface area contributed by atoms with E-state index in [2.05, 4.69) is 30.3 Å². The van der Waals surface area contributed by atoms with Gasteiger partial charge in [-0.1, -0.05) is 64.1 Å². The Morgan fingerprint density at radius 3 is 2.26 bits per heavy atom. The maximum atomic E-state index is 13.9. The predicted octanol–water partition coefficient (Wildman–Crippen LogP) is 7.67. The van der Waals surface area contributed by atoms with Crippen LogP contribution in [0.5, 0.6) is 0 Å². The summed E-state index contributed by atoms with van der Waals surface area (Å²) in [5, 5.41) is 12.1. The minimum atomic E-state index is -3.61. The standard InChI is InChI=1S/C30H41ClN2O4SSi/c1-19-17-23-26(21-9-11-22(31)12-10-21)25(24(29(34)35)18-30(3,4)5)20(2)27-28(23)32(19)13-14-33(27)38(36,37)15-16-39(6,7)8/h9-12,17,24H,13-16,18H2,1-8H3,(H,34,35)/t24-/m0/s1. The summed E-state index contributed by atoms with van der Waals surface area (Å²) < 4.78 is 31.5. The van der Waals surface area contributed by atoms with Crippen LogP contribution in [0.2, 0.25) is 30.7 Å². The summed E-state index contributed by atoms with van der Waals surface area (Å²) in [4.78, 5) is 12.9. The van der Waals surface area contributed by atoms with Gasteiger partial charge in [-0.05, 0) is 72.2 Å². The predicted molar refractivity (Wildman–Crippen MR) is 166 cm³/mol. The van der Waals surface area contributed by atoms with Crippen LogP contribution in [-0.4, -0.2) is 44.4 Å². The fourth-order valence-corrected chi connectivity index (χ4v) is 10.5. The molecule has 0 fully saturated rings. The second-order valence-electron chi connectivity index (χ2n) is 13.3. The lowest BCUT2D eigenvalue weighted by Crippen LogP contribution is -2.40. The summed E-state index contributed by atoms with van der Waals surface area (Å²) in [7, 11) is -5.21. The number of anilines is 1. The summed E-state index contributed by atoms with van der Waals surface area (Å²) in [6.07, 6.45) is 0.413. The van der Waals surface area contributed by atoms with Gasteiger partial charge in [0.15, 0.2) is 0 Å². The van der Waals surface area contributed by atoms with Gasteiger partial charge in [-0.25, -0.2) is 8.42 Å². The molecule has 0 bridgehead atoms. The van der Waals surface area contributed by atoms with Crippen molar-refractivity contribution in [2.24, 2.45) is 5.41 Å². The van der Waals surface area contributed by atoms with Gasteiger partial charge >= 0.3 is 5.97 Å². The van der Waals surface area contributed by atoms with Gasteiger partial charge in [0.2, 0.25) is 10.0 Å². The van der Waals surface area contributed by atoms with Gasteiger partial charge in [-0.3, -0.25) is 9.10 Å². The summed E-state index contributed by atoms with van der Waals surface area (Å²) in [6.45, 7) is 17.5. The van der Waals surface area contributed by atoms with Gasteiger partial charge < -0.3 is 9.67 Å². The van der Waals surface area contributed by atoms with E-state index in [1.54, 1.807) is 4.31 Å². The Kier molecular flexibility index (Phi) is 7.82. The molecule has 212 valence electrons. The highest BCUT2D eigenvalue weighted by molar-refractivity contribution is 7.92. The van der Waals surface area contributed by atoms with E-state index < -0.39 is 30.0 Å². The molecule has 0 saturated heterocycles. The first-order valence-electron chi connectivity index (χ1n) is 13.6.